The van der Waals surface area contributed by atoms with Crippen LogP contribution in [0.4, 0.5) is 0 Å². The topological polar surface area (TPSA) is 64.3 Å². The summed E-state index contributed by atoms with van der Waals surface area (Å²) >= 11 is 1.70. The fraction of sp³-hybridized carbons (Fsp3) is 0.643. The zero-order chi connectivity index (χ0) is 14.1. The highest BCUT2D eigenvalue weighted by Gasteiger charge is 2.31. The van der Waals surface area contributed by atoms with Gasteiger partial charge in [0.25, 0.3) is 5.89 Å². The maximum atomic E-state index is 5.58. The Morgan fingerprint density at radius 3 is 2.95 bits per heavy atom. The van der Waals surface area contributed by atoms with Gasteiger partial charge < -0.3 is 9.26 Å². The largest absolute Gasteiger partial charge is 0.368 e. The second-order valence-electron chi connectivity index (χ2n) is 5.61. The molecule has 1 aliphatic carbocycles. The molecule has 0 amide bonds. The fourth-order valence-corrected chi connectivity index (χ4v) is 3.32. The molecule has 1 aliphatic heterocycles. The molecular formula is C14H18N4O2S. The standard InChI is InChI=1S/C14H18N4O2S/c1-2-11(19-6-1)14-16-12(17-20-14)8-18(10-3-4-10)9-13-15-5-7-21-13/h5,7,10-11H,1-4,6,8-9H2/t11-/m0/s1. The van der Waals surface area contributed by atoms with E-state index in [0.717, 1.165) is 43.4 Å². The molecule has 2 aliphatic rings. The van der Waals surface area contributed by atoms with E-state index >= 15 is 0 Å². The molecule has 1 atom stereocenters. The minimum absolute atomic E-state index is 0.000382. The van der Waals surface area contributed by atoms with E-state index in [-0.39, 0.29) is 6.10 Å². The van der Waals surface area contributed by atoms with E-state index in [1.54, 1.807) is 11.3 Å². The smallest absolute Gasteiger partial charge is 0.255 e. The Balaban J connectivity index is 1.43. The highest BCUT2D eigenvalue weighted by atomic mass is 32.1. The number of rotatable bonds is 6. The van der Waals surface area contributed by atoms with Crippen LogP contribution in [0.15, 0.2) is 16.1 Å². The van der Waals surface area contributed by atoms with Crippen LogP contribution in [0.3, 0.4) is 0 Å². The van der Waals surface area contributed by atoms with Crippen molar-refractivity contribution in [3.63, 3.8) is 0 Å². The highest BCUT2D eigenvalue weighted by molar-refractivity contribution is 7.09. The maximum Gasteiger partial charge on any atom is 0.255 e. The molecule has 0 radical (unpaired) electrons. The Labute approximate surface area is 127 Å². The minimum atomic E-state index is -0.000382. The van der Waals surface area contributed by atoms with Crippen LogP contribution >= 0.6 is 11.3 Å². The summed E-state index contributed by atoms with van der Waals surface area (Å²) in [6.07, 6.45) is 6.41. The van der Waals surface area contributed by atoms with Crippen molar-refractivity contribution in [2.45, 2.75) is 50.9 Å². The second kappa shape index (κ2) is 5.82. The summed E-state index contributed by atoms with van der Waals surface area (Å²) in [5, 5.41) is 7.28. The Hall–Kier alpha value is -1.31. The van der Waals surface area contributed by atoms with Crippen molar-refractivity contribution >= 4 is 11.3 Å². The third kappa shape index (κ3) is 3.14. The van der Waals surface area contributed by atoms with Gasteiger partial charge in [-0.05, 0) is 25.7 Å². The molecule has 0 N–H and O–H groups in total. The summed E-state index contributed by atoms with van der Waals surface area (Å²) in [6.45, 7) is 2.38. The molecule has 6 nitrogen and oxygen atoms in total. The van der Waals surface area contributed by atoms with Crippen LogP contribution in [0.5, 0.6) is 0 Å². The Kier molecular flexibility index (Phi) is 3.71. The zero-order valence-electron chi connectivity index (χ0n) is 11.8. The number of hydrogen-bond donors (Lipinski definition) is 0. The van der Waals surface area contributed by atoms with Gasteiger partial charge in [0.05, 0.1) is 13.1 Å². The molecule has 2 aromatic heterocycles. The first-order valence-electron chi connectivity index (χ1n) is 7.45. The predicted octanol–water partition coefficient (Wildman–Crippen LogP) is 2.54. The van der Waals surface area contributed by atoms with Crippen molar-refractivity contribution in [1.29, 1.82) is 0 Å². The molecule has 2 aromatic rings. The number of hydrogen-bond acceptors (Lipinski definition) is 7. The summed E-state index contributed by atoms with van der Waals surface area (Å²) in [6, 6.07) is 0.638. The van der Waals surface area contributed by atoms with Crippen LogP contribution < -0.4 is 0 Å². The van der Waals surface area contributed by atoms with Crippen molar-refractivity contribution in [3.8, 4) is 0 Å². The molecule has 0 bridgehead atoms. The second-order valence-corrected chi connectivity index (χ2v) is 6.59. The first-order valence-corrected chi connectivity index (χ1v) is 8.33. The molecule has 2 fully saturated rings. The van der Waals surface area contributed by atoms with Crippen molar-refractivity contribution < 1.29 is 9.26 Å². The van der Waals surface area contributed by atoms with Gasteiger partial charge in [-0.3, -0.25) is 4.90 Å². The summed E-state index contributed by atoms with van der Waals surface area (Å²) in [7, 11) is 0. The monoisotopic (exact) mass is 306 g/mol. The van der Waals surface area contributed by atoms with Crippen LogP contribution in [0.1, 0.15) is 48.5 Å². The molecule has 112 valence electrons. The van der Waals surface area contributed by atoms with Gasteiger partial charge in [0.1, 0.15) is 11.1 Å². The van der Waals surface area contributed by atoms with Crippen LogP contribution in [0.2, 0.25) is 0 Å². The van der Waals surface area contributed by atoms with Gasteiger partial charge in [0.15, 0.2) is 5.82 Å². The van der Waals surface area contributed by atoms with Gasteiger partial charge >= 0.3 is 0 Å². The average molecular weight is 306 g/mol. The Morgan fingerprint density at radius 1 is 1.29 bits per heavy atom. The predicted molar refractivity (Wildman–Crippen MR) is 76.6 cm³/mol. The van der Waals surface area contributed by atoms with E-state index < -0.39 is 0 Å². The molecule has 21 heavy (non-hydrogen) atoms. The molecule has 1 saturated heterocycles. The number of aromatic nitrogens is 3. The van der Waals surface area contributed by atoms with Gasteiger partial charge in [-0.15, -0.1) is 11.3 Å². The number of nitrogens with zero attached hydrogens (tertiary/aromatic N) is 4. The highest BCUT2D eigenvalue weighted by Crippen LogP contribution is 2.31. The van der Waals surface area contributed by atoms with Gasteiger partial charge in [0, 0.05) is 24.2 Å². The van der Waals surface area contributed by atoms with Crippen LogP contribution in [0, 0.1) is 0 Å². The molecule has 4 rings (SSSR count). The molecule has 7 heteroatoms. The SMILES string of the molecule is c1csc(CN(Cc2noc([C@@H]3CCCO3)n2)C2CC2)n1. The minimum Gasteiger partial charge on any atom is -0.368 e. The summed E-state index contributed by atoms with van der Waals surface area (Å²) in [5.41, 5.74) is 0. The lowest BCUT2D eigenvalue weighted by molar-refractivity contribution is 0.0835. The summed E-state index contributed by atoms with van der Waals surface area (Å²) in [4.78, 5) is 11.3. The Bertz CT molecular complexity index is 576. The lowest BCUT2D eigenvalue weighted by Gasteiger charge is -2.18. The lowest BCUT2D eigenvalue weighted by atomic mass is 10.2. The lowest BCUT2D eigenvalue weighted by Crippen LogP contribution is -2.25. The first-order chi connectivity index (χ1) is 10.4. The van der Waals surface area contributed by atoms with Crippen LogP contribution in [-0.2, 0) is 17.8 Å². The van der Waals surface area contributed by atoms with E-state index in [2.05, 4.69) is 20.0 Å². The van der Waals surface area contributed by atoms with E-state index in [4.69, 9.17) is 9.26 Å². The maximum absolute atomic E-state index is 5.58. The molecule has 0 spiro atoms. The zero-order valence-corrected chi connectivity index (χ0v) is 12.6. The first kappa shape index (κ1) is 13.4. The van der Waals surface area contributed by atoms with E-state index in [1.807, 2.05) is 11.6 Å². The van der Waals surface area contributed by atoms with Crippen LogP contribution in [-0.4, -0.2) is 32.7 Å². The summed E-state index contributed by atoms with van der Waals surface area (Å²) < 4.78 is 10.9. The molecular weight excluding hydrogens is 288 g/mol. The van der Waals surface area contributed by atoms with Crippen molar-refractivity contribution in [1.82, 2.24) is 20.0 Å². The van der Waals surface area contributed by atoms with E-state index in [1.165, 1.54) is 12.8 Å². The fourth-order valence-electron chi connectivity index (χ4n) is 2.68. The summed E-state index contributed by atoms with van der Waals surface area (Å²) in [5.74, 6) is 1.39. The molecule has 3 heterocycles. The quantitative estimate of drug-likeness (QED) is 0.817. The van der Waals surface area contributed by atoms with Gasteiger partial charge in [-0.2, -0.15) is 4.98 Å². The van der Waals surface area contributed by atoms with E-state index in [9.17, 15) is 0 Å². The van der Waals surface area contributed by atoms with Gasteiger partial charge in [-0.1, -0.05) is 5.16 Å². The molecule has 0 aromatic carbocycles. The number of thiazole rings is 1. The van der Waals surface area contributed by atoms with E-state index in [0.29, 0.717) is 11.9 Å². The molecule has 0 unspecified atom stereocenters. The van der Waals surface area contributed by atoms with Gasteiger partial charge in [0.2, 0.25) is 0 Å². The molecule has 1 saturated carbocycles. The van der Waals surface area contributed by atoms with Crippen molar-refractivity contribution in [3.05, 3.63) is 28.3 Å². The van der Waals surface area contributed by atoms with Gasteiger partial charge in [-0.25, -0.2) is 4.98 Å². The third-order valence-electron chi connectivity index (χ3n) is 3.92. The normalized spacial score (nSPS) is 22.2. The van der Waals surface area contributed by atoms with Crippen molar-refractivity contribution in [2.75, 3.05) is 6.61 Å². The number of ether oxygens (including phenoxy) is 1. The van der Waals surface area contributed by atoms with Crippen molar-refractivity contribution in [2.24, 2.45) is 0 Å². The average Bonchev–Trinajstić information content (AvgIpc) is 2.93. The third-order valence-corrected chi connectivity index (χ3v) is 4.68. The van der Waals surface area contributed by atoms with Crippen LogP contribution in [0.25, 0.3) is 0 Å². The Morgan fingerprint density at radius 2 is 2.24 bits per heavy atom.